The normalized spacial score (nSPS) is 11.0. The van der Waals surface area contributed by atoms with Crippen molar-refractivity contribution in [1.29, 1.82) is 0 Å². The molecule has 2 aromatic carbocycles. The molecule has 0 bridgehead atoms. The predicted octanol–water partition coefficient (Wildman–Crippen LogP) is 3.15. The summed E-state index contributed by atoms with van der Waals surface area (Å²) in [4.78, 5) is 42.9. The van der Waals surface area contributed by atoms with Crippen LogP contribution in [0.2, 0.25) is 0 Å². The molecule has 0 amide bonds. The number of fused-ring (bicyclic) bond motifs is 1. The fourth-order valence-corrected chi connectivity index (χ4v) is 3.54. The standard InChI is InChI=1S/C24H16N4O4/c29-22(13-15-6-7-19-18(12-15)23(30)32-24(31)26-19)20-14-21(16-8-10-25-11-9-16)28(27-20)17-4-2-1-3-5-17/h1-12,14H,13H2,(H,26,31). The maximum Gasteiger partial charge on any atom is 0.419 e. The molecule has 0 fully saturated rings. The number of pyridine rings is 1. The zero-order valence-corrected chi connectivity index (χ0v) is 16.7. The van der Waals surface area contributed by atoms with Crippen LogP contribution >= 0.6 is 0 Å². The Morgan fingerprint density at radius 2 is 1.75 bits per heavy atom. The van der Waals surface area contributed by atoms with Crippen LogP contribution in [-0.4, -0.2) is 25.5 Å². The van der Waals surface area contributed by atoms with Crippen LogP contribution in [0.4, 0.5) is 0 Å². The van der Waals surface area contributed by atoms with Crippen LogP contribution in [0.15, 0.2) is 93.1 Å². The minimum atomic E-state index is -0.818. The molecule has 3 aromatic heterocycles. The highest BCUT2D eigenvalue weighted by Gasteiger charge is 2.17. The molecule has 0 saturated heterocycles. The van der Waals surface area contributed by atoms with Crippen molar-refractivity contribution in [3.05, 3.63) is 111 Å². The van der Waals surface area contributed by atoms with E-state index in [2.05, 4.69) is 19.5 Å². The number of rotatable bonds is 5. The number of H-pyrrole nitrogens is 1. The van der Waals surface area contributed by atoms with E-state index in [0.717, 1.165) is 16.9 Å². The summed E-state index contributed by atoms with van der Waals surface area (Å²) >= 11 is 0. The predicted molar refractivity (Wildman–Crippen MR) is 118 cm³/mol. The Hall–Kier alpha value is -4.59. The lowest BCUT2D eigenvalue weighted by Crippen LogP contribution is -2.15. The molecule has 0 saturated carbocycles. The zero-order chi connectivity index (χ0) is 22.1. The van der Waals surface area contributed by atoms with Crippen molar-refractivity contribution >= 4 is 16.7 Å². The number of ketones is 1. The zero-order valence-electron chi connectivity index (χ0n) is 16.7. The highest BCUT2D eigenvalue weighted by molar-refractivity contribution is 5.97. The first kappa shape index (κ1) is 19.4. The Kier molecular flexibility index (Phi) is 4.79. The number of aromatic nitrogens is 4. The molecule has 156 valence electrons. The van der Waals surface area contributed by atoms with Crippen LogP contribution in [0.25, 0.3) is 27.8 Å². The average Bonchev–Trinajstić information content (AvgIpc) is 3.26. The number of aromatic amines is 1. The minimum Gasteiger partial charge on any atom is -0.372 e. The summed E-state index contributed by atoms with van der Waals surface area (Å²) in [7, 11) is 0. The van der Waals surface area contributed by atoms with Gasteiger partial charge in [0.15, 0.2) is 5.78 Å². The van der Waals surface area contributed by atoms with Gasteiger partial charge < -0.3 is 4.42 Å². The monoisotopic (exact) mass is 424 g/mol. The summed E-state index contributed by atoms with van der Waals surface area (Å²) in [6.07, 6.45) is 3.41. The molecular formula is C24H16N4O4. The molecule has 0 unspecified atom stereocenters. The summed E-state index contributed by atoms with van der Waals surface area (Å²) in [5, 5.41) is 4.77. The van der Waals surface area contributed by atoms with Crippen LogP contribution in [0.5, 0.6) is 0 Å². The van der Waals surface area contributed by atoms with Crippen molar-refractivity contribution in [3.8, 4) is 16.9 Å². The Bertz CT molecular complexity index is 1490. The first-order valence-electron chi connectivity index (χ1n) is 9.84. The largest absolute Gasteiger partial charge is 0.419 e. The lowest BCUT2D eigenvalue weighted by molar-refractivity contribution is 0.0988. The van der Waals surface area contributed by atoms with E-state index in [1.165, 1.54) is 0 Å². The van der Waals surface area contributed by atoms with Crippen LogP contribution in [0.1, 0.15) is 16.1 Å². The van der Waals surface area contributed by atoms with Crippen molar-refractivity contribution in [2.24, 2.45) is 0 Å². The summed E-state index contributed by atoms with van der Waals surface area (Å²) < 4.78 is 6.30. The highest BCUT2D eigenvalue weighted by atomic mass is 16.4. The number of benzene rings is 2. The SMILES string of the molecule is O=C(Cc1ccc2[nH]c(=O)oc(=O)c2c1)c1cc(-c2ccncc2)n(-c2ccccc2)n1. The first-order chi connectivity index (χ1) is 15.6. The summed E-state index contributed by atoms with van der Waals surface area (Å²) in [5.74, 6) is -1.02. The lowest BCUT2D eigenvalue weighted by atomic mass is 10.0. The third-order valence-corrected chi connectivity index (χ3v) is 5.06. The number of nitrogens with zero attached hydrogens (tertiary/aromatic N) is 3. The Balaban J connectivity index is 1.53. The smallest absolute Gasteiger partial charge is 0.372 e. The van der Waals surface area contributed by atoms with Crippen molar-refractivity contribution in [3.63, 3.8) is 0 Å². The molecule has 0 radical (unpaired) electrons. The number of carbonyl (C=O) groups is 1. The molecule has 0 atom stereocenters. The molecule has 32 heavy (non-hydrogen) atoms. The maximum absolute atomic E-state index is 13.1. The molecule has 0 spiro atoms. The summed E-state index contributed by atoms with van der Waals surface area (Å²) in [6, 6.07) is 19.8. The van der Waals surface area contributed by atoms with Gasteiger partial charge in [-0.05, 0) is 48.0 Å². The fraction of sp³-hybridized carbons (Fsp3) is 0.0417. The summed E-state index contributed by atoms with van der Waals surface area (Å²) in [6.45, 7) is 0. The van der Waals surface area contributed by atoms with Crippen LogP contribution in [0, 0.1) is 0 Å². The number of Topliss-reactive ketones (excluding diaryl/α,β-unsaturated/α-hetero) is 1. The van der Waals surface area contributed by atoms with E-state index in [1.807, 2.05) is 42.5 Å². The van der Waals surface area contributed by atoms with Crippen LogP contribution in [-0.2, 0) is 6.42 Å². The lowest BCUT2D eigenvalue weighted by Gasteiger charge is -2.06. The molecule has 8 nitrogen and oxygen atoms in total. The van der Waals surface area contributed by atoms with Crippen molar-refractivity contribution in [2.75, 3.05) is 0 Å². The van der Waals surface area contributed by atoms with Crippen molar-refractivity contribution in [1.82, 2.24) is 19.7 Å². The second kappa shape index (κ2) is 7.92. The average molecular weight is 424 g/mol. The van der Waals surface area contributed by atoms with Gasteiger partial charge in [-0.1, -0.05) is 24.3 Å². The van der Waals surface area contributed by atoms with Gasteiger partial charge in [-0.3, -0.25) is 14.8 Å². The van der Waals surface area contributed by atoms with Gasteiger partial charge in [0.05, 0.1) is 22.3 Å². The molecular weight excluding hydrogens is 408 g/mol. The third-order valence-electron chi connectivity index (χ3n) is 5.06. The molecule has 0 aliphatic heterocycles. The maximum atomic E-state index is 13.1. The van der Waals surface area contributed by atoms with Crippen LogP contribution in [0.3, 0.4) is 0 Å². The van der Waals surface area contributed by atoms with Crippen LogP contribution < -0.4 is 11.4 Å². The van der Waals surface area contributed by atoms with Crippen molar-refractivity contribution < 1.29 is 9.21 Å². The second-order valence-corrected chi connectivity index (χ2v) is 7.18. The van der Waals surface area contributed by atoms with Crippen molar-refractivity contribution in [2.45, 2.75) is 6.42 Å². The Labute approximate surface area is 180 Å². The molecule has 1 N–H and O–H groups in total. The Morgan fingerprint density at radius 3 is 2.53 bits per heavy atom. The van der Waals surface area contributed by atoms with Gasteiger partial charge in [0.25, 0.3) is 0 Å². The van der Waals surface area contributed by atoms with Gasteiger partial charge >= 0.3 is 11.4 Å². The number of hydrogen-bond acceptors (Lipinski definition) is 6. The third kappa shape index (κ3) is 3.65. The first-order valence-corrected chi connectivity index (χ1v) is 9.84. The molecule has 0 aliphatic carbocycles. The van der Waals surface area contributed by atoms with Gasteiger partial charge in [0.1, 0.15) is 5.69 Å². The molecule has 0 aliphatic rings. The topological polar surface area (TPSA) is 111 Å². The van der Waals surface area contributed by atoms with Gasteiger partial charge in [0.2, 0.25) is 0 Å². The van der Waals surface area contributed by atoms with E-state index < -0.39 is 11.4 Å². The van der Waals surface area contributed by atoms with E-state index in [9.17, 15) is 14.4 Å². The summed E-state index contributed by atoms with van der Waals surface area (Å²) in [5.41, 5.74) is 2.99. The molecule has 8 heteroatoms. The number of hydrogen-bond donors (Lipinski definition) is 1. The molecule has 5 aromatic rings. The Morgan fingerprint density at radius 1 is 0.969 bits per heavy atom. The van der Waals surface area contributed by atoms with E-state index in [4.69, 9.17) is 0 Å². The second-order valence-electron chi connectivity index (χ2n) is 7.18. The van der Waals surface area contributed by atoms with Gasteiger partial charge in [-0.15, -0.1) is 0 Å². The fourth-order valence-electron chi connectivity index (χ4n) is 3.54. The number of para-hydroxylation sites is 1. The van der Waals surface area contributed by atoms with E-state index >= 15 is 0 Å². The van der Waals surface area contributed by atoms with E-state index in [0.29, 0.717) is 16.8 Å². The quantitative estimate of drug-likeness (QED) is 0.434. The van der Waals surface area contributed by atoms with Gasteiger partial charge in [-0.2, -0.15) is 5.10 Å². The van der Waals surface area contributed by atoms with Gasteiger partial charge in [-0.25, -0.2) is 14.3 Å². The number of nitrogens with one attached hydrogen (secondary N) is 1. The van der Waals surface area contributed by atoms with E-state index in [1.54, 1.807) is 41.3 Å². The molecule has 5 rings (SSSR count). The minimum absolute atomic E-state index is 0.0378. The molecule has 3 heterocycles. The van der Waals surface area contributed by atoms with E-state index in [-0.39, 0.29) is 17.6 Å². The number of carbonyl (C=O) groups excluding carboxylic acids is 1. The highest BCUT2D eigenvalue weighted by Crippen LogP contribution is 2.24. The van der Waals surface area contributed by atoms with Gasteiger partial charge in [0, 0.05) is 24.4 Å².